The SMILES string of the molecule is CCCC(N)CC(=O)NC1CCN(C2CC2)C1. The van der Waals surface area contributed by atoms with Gasteiger partial charge in [0.2, 0.25) is 5.91 Å². The molecule has 1 amide bonds. The number of hydrogen-bond donors (Lipinski definition) is 2. The minimum absolute atomic E-state index is 0.0286. The summed E-state index contributed by atoms with van der Waals surface area (Å²) in [6.45, 7) is 4.29. The summed E-state index contributed by atoms with van der Waals surface area (Å²) < 4.78 is 0. The number of carbonyl (C=O) groups is 1. The van der Waals surface area contributed by atoms with E-state index in [1.165, 1.54) is 12.8 Å². The van der Waals surface area contributed by atoms with E-state index in [0.717, 1.165) is 38.4 Å². The smallest absolute Gasteiger partial charge is 0.221 e. The number of nitrogens with one attached hydrogen (secondary N) is 1. The zero-order valence-electron chi connectivity index (χ0n) is 10.8. The van der Waals surface area contributed by atoms with Crippen molar-refractivity contribution in [3.8, 4) is 0 Å². The number of amides is 1. The van der Waals surface area contributed by atoms with Crippen LogP contribution in [0.5, 0.6) is 0 Å². The van der Waals surface area contributed by atoms with Crippen molar-refractivity contribution in [1.82, 2.24) is 10.2 Å². The van der Waals surface area contributed by atoms with Gasteiger partial charge < -0.3 is 11.1 Å². The maximum absolute atomic E-state index is 11.8. The molecular weight excluding hydrogens is 214 g/mol. The molecule has 0 aromatic rings. The summed E-state index contributed by atoms with van der Waals surface area (Å²) in [5.74, 6) is 0.133. The Kier molecular flexibility index (Phi) is 4.40. The standard InChI is InChI=1S/C13H25N3O/c1-2-3-10(14)8-13(17)15-11-6-7-16(9-11)12-4-5-12/h10-12H,2-9,14H2,1H3,(H,15,17). The van der Waals surface area contributed by atoms with Gasteiger partial charge in [-0.25, -0.2) is 0 Å². The van der Waals surface area contributed by atoms with Crippen molar-refractivity contribution in [2.75, 3.05) is 13.1 Å². The molecule has 17 heavy (non-hydrogen) atoms. The van der Waals surface area contributed by atoms with Crippen molar-refractivity contribution in [2.24, 2.45) is 5.73 Å². The summed E-state index contributed by atoms with van der Waals surface area (Å²) in [5, 5.41) is 3.12. The quantitative estimate of drug-likeness (QED) is 0.722. The van der Waals surface area contributed by atoms with Gasteiger partial charge in [0.25, 0.3) is 0 Å². The Labute approximate surface area is 104 Å². The first kappa shape index (κ1) is 12.8. The van der Waals surface area contributed by atoms with Crippen molar-refractivity contribution in [2.45, 2.75) is 63.6 Å². The van der Waals surface area contributed by atoms with Crippen molar-refractivity contribution in [3.05, 3.63) is 0 Å². The molecule has 4 nitrogen and oxygen atoms in total. The summed E-state index contributed by atoms with van der Waals surface area (Å²) >= 11 is 0. The second-order valence-electron chi connectivity index (χ2n) is 5.53. The molecule has 1 heterocycles. The van der Waals surface area contributed by atoms with Crippen molar-refractivity contribution >= 4 is 5.91 Å². The van der Waals surface area contributed by atoms with Gasteiger partial charge in [0.1, 0.15) is 0 Å². The van der Waals surface area contributed by atoms with Gasteiger partial charge in [-0.2, -0.15) is 0 Å². The van der Waals surface area contributed by atoms with Gasteiger partial charge in [0.05, 0.1) is 0 Å². The molecule has 0 aromatic carbocycles. The Morgan fingerprint density at radius 3 is 2.88 bits per heavy atom. The van der Waals surface area contributed by atoms with E-state index < -0.39 is 0 Å². The van der Waals surface area contributed by atoms with E-state index in [1.54, 1.807) is 0 Å². The summed E-state index contributed by atoms with van der Waals surface area (Å²) in [6, 6.07) is 1.21. The first-order chi connectivity index (χ1) is 8.19. The van der Waals surface area contributed by atoms with Crippen LogP contribution < -0.4 is 11.1 Å². The molecule has 0 aromatic heterocycles. The van der Waals surface area contributed by atoms with Crippen LogP contribution in [0.3, 0.4) is 0 Å². The van der Waals surface area contributed by atoms with Gasteiger partial charge in [-0.05, 0) is 25.7 Å². The zero-order chi connectivity index (χ0) is 12.3. The van der Waals surface area contributed by atoms with Crippen molar-refractivity contribution < 1.29 is 4.79 Å². The topological polar surface area (TPSA) is 58.4 Å². The highest BCUT2D eigenvalue weighted by atomic mass is 16.1. The lowest BCUT2D eigenvalue weighted by molar-refractivity contribution is -0.122. The zero-order valence-corrected chi connectivity index (χ0v) is 10.8. The van der Waals surface area contributed by atoms with E-state index in [-0.39, 0.29) is 11.9 Å². The molecule has 2 aliphatic rings. The third-order valence-electron chi connectivity index (χ3n) is 3.76. The summed E-state index contributed by atoms with van der Waals surface area (Å²) in [4.78, 5) is 14.3. The van der Waals surface area contributed by atoms with E-state index in [1.807, 2.05) is 0 Å². The van der Waals surface area contributed by atoms with Gasteiger partial charge >= 0.3 is 0 Å². The van der Waals surface area contributed by atoms with Gasteiger partial charge in [0, 0.05) is 37.6 Å². The lowest BCUT2D eigenvalue weighted by Crippen LogP contribution is -2.40. The van der Waals surface area contributed by atoms with E-state index in [2.05, 4.69) is 17.1 Å². The maximum atomic E-state index is 11.8. The number of hydrogen-bond acceptors (Lipinski definition) is 3. The third kappa shape index (κ3) is 3.96. The van der Waals surface area contributed by atoms with E-state index in [4.69, 9.17) is 5.73 Å². The van der Waals surface area contributed by atoms with Crippen molar-refractivity contribution in [1.29, 1.82) is 0 Å². The fourth-order valence-corrected chi connectivity index (χ4v) is 2.67. The molecule has 1 aliphatic carbocycles. The minimum atomic E-state index is 0.0286. The highest BCUT2D eigenvalue weighted by Gasteiger charge is 2.34. The first-order valence-electron chi connectivity index (χ1n) is 6.98. The number of likely N-dealkylation sites (tertiary alicyclic amines) is 1. The van der Waals surface area contributed by atoms with Crippen LogP contribution in [0.15, 0.2) is 0 Å². The summed E-state index contributed by atoms with van der Waals surface area (Å²) in [5.41, 5.74) is 5.87. The van der Waals surface area contributed by atoms with Gasteiger partial charge in [-0.1, -0.05) is 13.3 Å². The average molecular weight is 239 g/mol. The average Bonchev–Trinajstić information content (AvgIpc) is 3.01. The minimum Gasteiger partial charge on any atom is -0.352 e. The number of rotatable bonds is 6. The van der Waals surface area contributed by atoms with Gasteiger partial charge in [-0.15, -0.1) is 0 Å². The normalized spacial score (nSPS) is 27.1. The van der Waals surface area contributed by atoms with Crippen LogP contribution >= 0.6 is 0 Å². The predicted molar refractivity (Wildman–Crippen MR) is 68.6 cm³/mol. The van der Waals surface area contributed by atoms with E-state index in [0.29, 0.717) is 12.5 Å². The third-order valence-corrected chi connectivity index (χ3v) is 3.76. The Hall–Kier alpha value is -0.610. The highest BCUT2D eigenvalue weighted by Crippen LogP contribution is 2.29. The molecular formula is C13H25N3O. The van der Waals surface area contributed by atoms with E-state index in [9.17, 15) is 4.79 Å². The molecule has 0 spiro atoms. The molecule has 1 saturated carbocycles. The van der Waals surface area contributed by atoms with Crippen LogP contribution in [0, 0.1) is 0 Å². The molecule has 1 saturated heterocycles. The molecule has 98 valence electrons. The van der Waals surface area contributed by atoms with Gasteiger partial charge in [0.15, 0.2) is 0 Å². The Morgan fingerprint density at radius 1 is 1.47 bits per heavy atom. The van der Waals surface area contributed by atoms with Crippen LogP contribution in [0.1, 0.15) is 45.4 Å². The molecule has 0 radical (unpaired) electrons. The number of nitrogens with two attached hydrogens (primary N) is 1. The molecule has 4 heteroatoms. The maximum Gasteiger partial charge on any atom is 0.221 e. The molecule has 1 aliphatic heterocycles. The highest BCUT2D eigenvalue weighted by molar-refractivity contribution is 5.76. The number of carbonyl (C=O) groups excluding carboxylic acids is 1. The number of nitrogens with zero attached hydrogens (tertiary/aromatic N) is 1. The van der Waals surface area contributed by atoms with Crippen LogP contribution in [-0.2, 0) is 4.79 Å². The van der Waals surface area contributed by atoms with Crippen LogP contribution in [0.2, 0.25) is 0 Å². The van der Waals surface area contributed by atoms with E-state index >= 15 is 0 Å². The largest absolute Gasteiger partial charge is 0.352 e. The Bertz CT molecular complexity index is 265. The fraction of sp³-hybridized carbons (Fsp3) is 0.923. The van der Waals surface area contributed by atoms with Crippen LogP contribution in [-0.4, -0.2) is 42.0 Å². The first-order valence-corrected chi connectivity index (χ1v) is 6.98. The molecule has 2 fully saturated rings. The Morgan fingerprint density at radius 2 is 2.24 bits per heavy atom. The monoisotopic (exact) mass is 239 g/mol. The second-order valence-corrected chi connectivity index (χ2v) is 5.53. The molecule has 3 N–H and O–H groups in total. The lowest BCUT2D eigenvalue weighted by atomic mass is 10.1. The second kappa shape index (κ2) is 5.83. The van der Waals surface area contributed by atoms with Crippen LogP contribution in [0.25, 0.3) is 0 Å². The molecule has 2 rings (SSSR count). The Balaban J connectivity index is 1.65. The lowest BCUT2D eigenvalue weighted by Gasteiger charge is -2.17. The van der Waals surface area contributed by atoms with Crippen LogP contribution in [0.4, 0.5) is 0 Å². The van der Waals surface area contributed by atoms with Crippen molar-refractivity contribution in [3.63, 3.8) is 0 Å². The van der Waals surface area contributed by atoms with Gasteiger partial charge in [-0.3, -0.25) is 9.69 Å². The summed E-state index contributed by atoms with van der Waals surface area (Å²) in [7, 11) is 0. The molecule has 2 atom stereocenters. The fourth-order valence-electron chi connectivity index (χ4n) is 2.67. The summed E-state index contributed by atoms with van der Waals surface area (Å²) in [6.07, 6.45) is 6.27. The molecule has 2 unspecified atom stereocenters. The molecule has 0 bridgehead atoms. The predicted octanol–water partition coefficient (Wildman–Crippen LogP) is 0.857.